The first-order chi connectivity index (χ1) is 25.2. The number of carbonyl (C=O) groups is 2. The number of aromatic amines is 2. The molecule has 52 heavy (non-hydrogen) atoms. The molecule has 0 aliphatic heterocycles. The molecule has 264 valence electrons. The maximum absolute atomic E-state index is 12.4. The van der Waals surface area contributed by atoms with Crippen LogP contribution in [0.3, 0.4) is 0 Å². The van der Waals surface area contributed by atoms with E-state index in [1.165, 1.54) is 0 Å². The zero-order valence-corrected chi connectivity index (χ0v) is 31.4. The molecule has 0 fully saturated rings. The molecule has 0 bridgehead atoms. The van der Waals surface area contributed by atoms with Crippen LogP contribution in [0.15, 0.2) is 96.0 Å². The molecular weight excluding hydrogens is 736 g/mol. The van der Waals surface area contributed by atoms with Crippen LogP contribution in [-0.4, -0.2) is 54.4 Å². The summed E-state index contributed by atoms with van der Waals surface area (Å²) in [5.74, 6) is -0.331. The molecule has 0 saturated heterocycles. The fraction of sp³-hybridized carbons (Fsp3) is 0.158. The highest BCUT2D eigenvalue weighted by Crippen LogP contribution is 2.27. The SMILES string of the molecule is Cn1nc(C(=O)NCCc2c[nH]c3ccc(Cl)cc23)cc1-c1cccs1.Cn1nc(C(=O)NCCc2c[nH]c3ccc(Cl)cc23)cc1-c1cccs1. The van der Waals surface area contributed by atoms with E-state index in [1.54, 1.807) is 32.0 Å². The summed E-state index contributed by atoms with van der Waals surface area (Å²) in [5, 5.41) is 22.2. The average Bonchev–Trinajstić information content (AvgIpc) is 3.98. The molecule has 0 saturated carbocycles. The number of hydrogen-bond acceptors (Lipinski definition) is 6. The molecule has 4 N–H and O–H groups in total. The lowest BCUT2D eigenvalue weighted by Gasteiger charge is -2.03. The third-order valence-electron chi connectivity index (χ3n) is 8.59. The Labute approximate surface area is 317 Å². The fourth-order valence-corrected chi connectivity index (χ4v) is 7.87. The number of aryl methyl sites for hydroxylation is 2. The molecule has 10 nitrogen and oxygen atoms in total. The summed E-state index contributed by atoms with van der Waals surface area (Å²) < 4.78 is 3.48. The lowest BCUT2D eigenvalue weighted by molar-refractivity contribution is 0.0940. The van der Waals surface area contributed by atoms with Crippen molar-refractivity contribution in [1.82, 2.24) is 40.2 Å². The Kier molecular flexibility index (Phi) is 10.6. The Morgan fingerprint density at radius 2 is 1.12 bits per heavy atom. The standard InChI is InChI=1S/2C19H17ClN4OS/c2*1-24-17(18-3-2-8-26-18)10-16(23-24)19(25)21-7-6-12-11-22-15-5-4-13(20)9-14(12)15/h2*2-5,8-11,22H,6-7H2,1H3,(H,21,25). The van der Waals surface area contributed by atoms with E-state index >= 15 is 0 Å². The fourth-order valence-electron chi connectivity index (χ4n) is 5.98. The van der Waals surface area contributed by atoms with E-state index < -0.39 is 0 Å². The van der Waals surface area contributed by atoms with Crippen molar-refractivity contribution in [3.8, 4) is 21.1 Å². The number of carbonyl (C=O) groups excluding carboxylic acids is 2. The third kappa shape index (κ3) is 7.85. The van der Waals surface area contributed by atoms with E-state index in [0.717, 1.165) is 66.9 Å². The van der Waals surface area contributed by atoms with Gasteiger partial charge in [-0.3, -0.25) is 19.0 Å². The number of fused-ring (bicyclic) bond motifs is 2. The Morgan fingerprint density at radius 1 is 0.673 bits per heavy atom. The maximum Gasteiger partial charge on any atom is 0.271 e. The molecule has 14 heteroatoms. The minimum atomic E-state index is -0.165. The second-order valence-corrected chi connectivity index (χ2v) is 14.8. The van der Waals surface area contributed by atoms with Gasteiger partial charge in [-0.15, -0.1) is 22.7 Å². The molecule has 0 radical (unpaired) electrons. The van der Waals surface area contributed by atoms with E-state index in [4.69, 9.17) is 23.2 Å². The van der Waals surface area contributed by atoms with E-state index in [9.17, 15) is 9.59 Å². The van der Waals surface area contributed by atoms with Gasteiger partial charge in [-0.25, -0.2) is 0 Å². The Bertz CT molecular complexity index is 2300. The minimum absolute atomic E-state index is 0.165. The highest BCUT2D eigenvalue weighted by atomic mass is 35.5. The van der Waals surface area contributed by atoms with Crippen molar-refractivity contribution in [3.63, 3.8) is 0 Å². The first-order valence-electron chi connectivity index (χ1n) is 16.5. The zero-order chi connectivity index (χ0) is 36.2. The second kappa shape index (κ2) is 15.6. The number of benzene rings is 2. The first-order valence-corrected chi connectivity index (χ1v) is 19.0. The molecule has 0 spiro atoms. The van der Waals surface area contributed by atoms with Crippen molar-refractivity contribution in [3.05, 3.63) is 129 Å². The van der Waals surface area contributed by atoms with Crippen LogP contribution in [-0.2, 0) is 26.9 Å². The van der Waals surface area contributed by atoms with E-state index in [-0.39, 0.29) is 11.8 Å². The number of H-pyrrole nitrogens is 2. The summed E-state index contributed by atoms with van der Waals surface area (Å²) in [4.78, 5) is 33.5. The Hall–Kier alpha value is -5.14. The zero-order valence-electron chi connectivity index (χ0n) is 28.2. The topological polar surface area (TPSA) is 125 Å². The summed E-state index contributed by atoms with van der Waals surface area (Å²) in [7, 11) is 3.70. The number of nitrogens with one attached hydrogen (secondary N) is 4. The van der Waals surface area contributed by atoms with Gasteiger partial charge in [-0.2, -0.15) is 10.2 Å². The van der Waals surface area contributed by atoms with Gasteiger partial charge < -0.3 is 20.6 Å². The molecule has 0 unspecified atom stereocenters. The molecule has 6 heterocycles. The number of amides is 2. The van der Waals surface area contributed by atoms with Crippen molar-refractivity contribution < 1.29 is 9.59 Å². The van der Waals surface area contributed by atoms with Gasteiger partial charge in [0.1, 0.15) is 0 Å². The lowest BCUT2D eigenvalue weighted by atomic mass is 10.1. The van der Waals surface area contributed by atoms with Crippen molar-refractivity contribution in [1.29, 1.82) is 0 Å². The van der Waals surface area contributed by atoms with Gasteiger partial charge >= 0.3 is 0 Å². The quantitative estimate of drug-likeness (QED) is 0.111. The number of halogens is 2. The van der Waals surface area contributed by atoms with Crippen molar-refractivity contribution in [2.75, 3.05) is 13.1 Å². The van der Waals surface area contributed by atoms with Crippen molar-refractivity contribution in [2.24, 2.45) is 14.1 Å². The van der Waals surface area contributed by atoms with Crippen LogP contribution < -0.4 is 10.6 Å². The van der Waals surface area contributed by atoms with Gasteiger partial charge in [0.05, 0.1) is 21.1 Å². The van der Waals surface area contributed by atoms with Crippen LogP contribution in [0, 0.1) is 0 Å². The average molecular weight is 770 g/mol. The number of nitrogens with zero attached hydrogens (tertiary/aromatic N) is 4. The molecule has 8 aromatic rings. The van der Waals surface area contributed by atoms with Crippen LogP contribution in [0.25, 0.3) is 42.9 Å². The molecule has 0 aliphatic rings. The van der Waals surface area contributed by atoms with Gasteiger partial charge in [0, 0.05) is 71.4 Å². The second-order valence-electron chi connectivity index (χ2n) is 12.1. The number of thiophene rings is 2. The molecule has 2 aromatic carbocycles. The maximum atomic E-state index is 12.4. The summed E-state index contributed by atoms with van der Waals surface area (Å²) >= 11 is 15.4. The monoisotopic (exact) mass is 768 g/mol. The Balaban J connectivity index is 0.000000162. The van der Waals surface area contributed by atoms with Crippen molar-refractivity contribution in [2.45, 2.75) is 12.8 Å². The van der Waals surface area contributed by atoms with Crippen LogP contribution in [0.4, 0.5) is 0 Å². The third-order valence-corrected chi connectivity index (χ3v) is 10.8. The van der Waals surface area contributed by atoms with Gasteiger partial charge in [0.25, 0.3) is 11.8 Å². The van der Waals surface area contributed by atoms with E-state index in [0.29, 0.717) is 34.5 Å². The number of hydrogen-bond donors (Lipinski definition) is 4. The molecule has 6 aromatic heterocycles. The van der Waals surface area contributed by atoms with Gasteiger partial charge in [-0.05, 0) is 95.4 Å². The van der Waals surface area contributed by atoms with Crippen LogP contribution in [0.1, 0.15) is 32.1 Å². The number of rotatable bonds is 10. The molecule has 0 aliphatic carbocycles. The predicted molar refractivity (Wildman–Crippen MR) is 212 cm³/mol. The summed E-state index contributed by atoms with van der Waals surface area (Å²) in [6.07, 6.45) is 5.36. The predicted octanol–water partition coefficient (Wildman–Crippen LogP) is 8.51. The minimum Gasteiger partial charge on any atom is -0.361 e. The normalized spacial score (nSPS) is 11.2. The van der Waals surface area contributed by atoms with Crippen molar-refractivity contribution >= 4 is 79.5 Å². The van der Waals surface area contributed by atoms with E-state index in [1.807, 2.05) is 110 Å². The van der Waals surface area contributed by atoms with Gasteiger partial charge in [0.15, 0.2) is 11.4 Å². The van der Waals surface area contributed by atoms with Crippen LogP contribution in [0.2, 0.25) is 10.0 Å². The highest BCUT2D eigenvalue weighted by Gasteiger charge is 2.16. The molecular formula is C38H34Cl2N8O2S2. The largest absolute Gasteiger partial charge is 0.361 e. The summed E-state index contributed by atoms with van der Waals surface area (Å²) in [6.45, 7) is 1.06. The molecule has 2 amide bonds. The van der Waals surface area contributed by atoms with Gasteiger partial charge in [0.2, 0.25) is 0 Å². The summed E-state index contributed by atoms with van der Waals surface area (Å²) in [5.41, 5.74) is 7.08. The summed E-state index contributed by atoms with van der Waals surface area (Å²) in [6, 6.07) is 23.2. The van der Waals surface area contributed by atoms with Gasteiger partial charge in [-0.1, -0.05) is 35.3 Å². The lowest BCUT2D eigenvalue weighted by Crippen LogP contribution is -2.26. The first kappa shape index (κ1) is 35.3. The number of aromatic nitrogens is 6. The Morgan fingerprint density at radius 3 is 1.52 bits per heavy atom. The van der Waals surface area contributed by atoms with Crippen LogP contribution >= 0.6 is 45.9 Å². The smallest absolute Gasteiger partial charge is 0.271 e. The molecule has 0 atom stereocenters. The van der Waals surface area contributed by atoms with Crippen LogP contribution in [0.5, 0.6) is 0 Å². The highest BCUT2D eigenvalue weighted by molar-refractivity contribution is 7.13. The van der Waals surface area contributed by atoms with E-state index in [2.05, 4.69) is 30.8 Å². The molecule has 8 rings (SSSR count).